The minimum Gasteiger partial charge on any atom is -0.332 e. The van der Waals surface area contributed by atoms with Crippen LogP contribution in [-0.4, -0.2) is 36.3 Å². The van der Waals surface area contributed by atoms with Crippen LogP contribution in [0.3, 0.4) is 0 Å². The molecule has 2 amide bonds. The molecule has 4 heteroatoms. The van der Waals surface area contributed by atoms with Crippen LogP contribution >= 0.6 is 11.8 Å². The summed E-state index contributed by atoms with van der Waals surface area (Å²) in [5, 5.41) is 4.97. The van der Waals surface area contributed by atoms with Crippen molar-refractivity contribution in [2.45, 2.75) is 52.0 Å². The summed E-state index contributed by atoms with van der Waals surface area (Å²) in [6.45, 7) is 6.09. The second-order valence-corrected chi connectivity index (χ2v) is 7.43. The van der Waals surface area contributed by atoms with Crippen LogP contribution in [0, 0.1) is 5.92 Å². The summed E-state index contributed by atoms with van der Waals surface area (Å²) in [6, 6.07) is 12.2. The van der Waals surface area contributed by atoms with Gasteiger partial charge >= 0.3 is 6.03 Å². The Hall–Kier alpha value is -1.42. The molecule has 1 heterocycles. The molecule has 0 spiro atoms. The first-order valence-electron chi connectivity index (χ1n) is 9.38. The third-order valence-electron chi connectivity index (χ3n) is 4.03. The van der Waals surface area contributed by atoms with E-state index in [0.717, 1.165) is 31.8 Å². The van der Waals surface area contributed by atoms with Crippen molar-refractivity contribution >= 4 is 17.8 Å². The van der Waals surface area contributed by atoms with Crippen molar-refractivity contribution in [3.05, 3.63) is 47.9 Å². The fourth-order valence-corrected chi connectivity index (χ4v) is 2.57. The molecule has 2 fully saturated rings. The van der Waals surface area contributed by atoms with E-state index in [9.17, 15) is 4.79 Å². The lowest BCUT2D eigenvalue weighted by molar-refractivity contribution is 0.185. The fraction of sp³-hybridized carbons (Fsp3) is 0.571. The number of urea groups is 1. The summed E-state index contributed by atoms with van der Waals surface area (Å²) in [4.78, 5) is 13.7. The number of hydrogen-bond donors (Lipinski definition) is 1. The van der Waals surface area contributed by atoms with E-state index >= 15 is 0 Å². The van der Waals surface area contributed by atoms with Crippen LogP contribution in [-0.2, 0) is 0 Å². The molecular weight excluding hydrogens is 328 g/mol. The summed E-state index contributed by atoms with van der Waals surface area (Å²) < 4.78 is 0. The SMILES string of the molecule is CC1CC1.CS/C=C/C(C)NC(=O)N1CCCCC1.c1ccccc1. The number of hydrogen-bond acceptors (Lipinski definition) is 2. The van der Waals surface area contributed by atoms with Gasteiger partial charge in [0.15, 0.2) is 0 Å². The van der Waals surface area contributed by atoms with E-state index < -0.39 is 0 Å². The molecule has 1 aliphatic heterocycles. The molecule has 1 atom stereocenters. The molecule has 3 nitrogen and oxygen atoms in total. The van der Waals surface area contributed by atoms with Gasteiger partial charge in [0, 0.05) is 19.1 Å². The largest absolute Gasteiger partial charge is 0.332 e. The number of rotatable bonds is 3. The zero-order chi connectivity index (χ0) is 18.3. The average Bonchev–Trinajstić information content (AvgIpc) is 3.45. The van der Waals surface area contributed by atoms with Crippen molar-refractivity contribution in [2.75, 3.05) is 19.3 Å². The second-order valence-electron chi connectivity index (χ2n) is 6.69. The second kappa shape index (κ2) is 13.8. The average molecular weight is 363 g/mol. The predicted octanol–water partition coefficient (Wildman–Crippen LogP) is 5.55. The van der Waals surface area contributed by atoms with Crippen LogP contribution < -0.4 is 5.32 Å². The molecule has 0 bridgehead atoms. The Morgan fingerprint density at radius 1 is 1.08 bits per heavy atom. The number of carbonyl (C=O) groups excluding carboxylic acids is 1. The van der Waals surface area contributed by atoms with E-state index in [0.29, 0.717) is 0 Å². The highest BCUT2D eigenvalue weighted by Crippen LogP contribution is 2.26. The lowest BCUT2D eigenvalue weighted by atomic mass is 10.1. The number of amides is 2. The first kappa shape index (κ1) is 21.6. The Kier molecular flexibility index (Phi) is 12.0. The summed E-state index contributed by atoms with van der Waals surface area (Å²) >= 11 is 1.65. The van der Waals surface area contributed by atoms with Crippen LogP contribution in [0.4, 0.5) is 4.79 Å². The lowest BCUT2D eigenvalue weighted by Gasteiger charge is -2.27. The van der Waals surface area contributed by atoms with Crippen LogP contribution in [0.1, 0.15) is 46.0 Å². The summed E-state index contributed by atoms with van der Waals surface area (Å²) in [7, 11) is 0. The van der Waals surface area contributed by atoms with Gasteiger partial charge < -0.3 is 10.2 Å². The molecule has 140 valence electrons. The highest BCUT2D eigenvalue weighted by molar-refractivity contribution is 8.01. The molecule has 1 unspecified atom stereocenters. The number of benzene rings is 1. The molecule has 25 heavy (non-hydrogen) atoms. The Labute approximate surface area is 158 Å². The molecule has 1 aromatic rings. The zero-order valence-corrected chi connectivity index (χ0v) is 16.8. The molecule has 1 aromatic carbocycles. The molecular formula is C21H34N2OS. The highest BCUT2D eigenvalue weighted by Gasteiger charge is 2.16. The molecule has 1 saturated heterocycles. The first-order valence-corrected chi connectivity index (χ1v) is 10.7. The molecule has 1 aliphatic carbocycles. The van der Waals surface area contributed by atoms with Crippen molar-refractivity contribution in [2.24, 2.45) is 5.92 Å². The van der Waals surface area contributed by atoms with Gasteiger partial charge in [-0.2, -0.15) is 0 Å². The van der Waals surface area contributed by atoms with Crippen molar-refractivity contribution in [3.63, 3.8) is 0 Å². The van der Waals surface area contributed by atoms with E-state index in [1.807, 2.05) is 66.0 Å². The monoisotopic (exact) mass is 362 g/mol. The fourth-order valence-electron chi connectivity index (χ4n) is 2.18. The Morgan fingerprint density at radius 2 is 1.56 bits per heavy atom. The number of likely N-dealkylation sites (tertiary alicyclic amines) is 1. The van der Waals surface area contributed by atoms with Crippen molar-refractivity contribution < 1.29 is 4.79 Å². The zero-order valence-electron chi connectivity index (χ0n) is 16.0. The highest BCUT2D eigenvalue weighted by atomic mass is 32.2. The Morgan fingerprint density at radius 3 is 1.96 bits per heavy atom. The number of nitrogens with zero attached hydrogens (tertiary/aromatic N) is 1. The van der Waals surface area contributed by atoms with Crippen molar-refractivity contribution in [3.8, 4) is 0 Å². The maximum absolute atomic E-state index is 11.7. The minimum absolute atomic E-state index is 0.0768. The first-order chi connectivity index (χ1) is 12.1. The van der Waals surface area contributed by atoms with Crippen LogP contribution in [0.15, 0.2) is 47.9 Å². The topological polar surface area (TPSA) is 32.3 Å². The van der Waals surface area contributed by atoms with Crippen molar-refractivity contribution in [1.82, 2.24) is 10.2 Å². The van der Waals surface area contributed by atoms with E-state index in [-0.39, 0.29) is 12.1 Å². The maximum atomic E-state index is 11.7. The smallest absolute Gasteiger partial charge is 0.317 e. The number of nitrogens with one attached hydrogen (secondary N) is 1. The minimum atomic E-state index is 0.0768. The van der Waals surface area contributed by atoms with Gasteiger partial charge in [-0.3, -0.25) is 0 Å². The Balaban J connectivity index is 0.000000251. The summed E-state index contributed by atoms with van der Waals surface area (Å²) in [6.07, 6.45) is 10.5. The molecule has 2 aliphatic rings. The molecule has 1 saturated carbocycles. The standard InChI is InChI=1S/C11H20N2OS.C6H6.C4H8/c1-10(6-9-15-2)12-11(14)13-7-4-3-5-8-13;1-2-4-6-5-3-1;1-4-2-3-4/h6,9-10H,3-5,7-8H2,1-2H3,(H,12,14);1-6H;4H,2-3H2,1H3/b9-6+;;. The third-order valence-corrected chi connectivity index (χ3v) is 4.46. The van der Waals surface area contributed by atoms with Gasteiger partial charge in [0.05, 0.1) is 0 Å². The summed E-state index contributed by atoms with van der Waals surface area (Å²) in [5.74, 6) is 1.08. The van der Waals surface area contributed by atoms with Gasteiger partial charge in [-0.1, -0.05) is 62.2 Å². The quantitative estimate of drug-likeness (QED) is 0.764. The molecule has 1 N–H and O–H groups in total. The van der Waals surface area contributed by atoms with Gasteiger partial charge in [0.25, 0.3) is 0 Å². The molecule has 0 aromatic heterocycles. The van der Waals surface area contributed by atoms with Gasteiger partial charge in [0.1, 0.15) is 0 Å². The van der Waals surface area contributed by atoms with Gasteiger partial charge in [0.2, 0.25) is 0 Å². The predicted molar refractivity (Wildman–Crippen MR) is 111 cm³/mol. The van der Waals surface area contributed by atoms with Gasteiger partial charge in [-0.15, -0.1) is 11.8 Å². The molecule has 0 radical (unpaired) electrons. The van der Waals surface area contributed by atoms with E-state index in [4.69, 9.17) is 0 Å². The number of thioether (sulfide) groups is 1. The molecule has 3 rings (SSSR count). The number of carbonyl (C=O) groups is 1. The van der Waals surface area contributed by atoms with E-state index in [1.54, 1.807) is 11.8 Å². The third kappa shape index (κ3) is 12.6. The lowest BCUT2D eigenvalue weighted by Crippen LogP contribution is -2.45. The van der Waals surface area contributed by atoms with Crippen molar-refractivity contribution in [1.29, 1.82) is 0 Å². The van der Waals surface area contributed by atoms with Gasteiger partial charge in [-0.05, 0) is 43.8 Å². The van der Waals surface area contributed by atoms with E-state index in [1.165, 1.54) is 19.3 Å². The normalized spacial score (nSPS) is 17.6. The van der Waals surface area contributed by atoms with Crippen LogP contribution in [0.25, 0.3) is 0 Å². The number of piperidine rings is 1. The van der Waals surface area contributed by atoms with Crippen LogP contribution in [0.5, 0.6) is 0 Å². The maximum Gasteiger partial charge on any atom is 0.317 e. The van der Waals surface area contributed by atoms with Crippen LogP contribution in [0.2, 0.25) is 0 Å². The summed E-state index contributed by atoms with van der Waals surface area (Å²) in [5.41, 5.74) is 0. The Bertz CT molecular complexity index is 441. The van der Waals surface area contributed by atoms with Gasteiger partial charge in [-0.25, -0.2) is 4.79 Å². The van der Waals surface area contributed by atoms with E-state index in [2.05, 4.69) is 12.2 Å².